The van der Waals surface area contributed by atoms with Gasteiger partial charge >= 0.3 is 6.16 Å². The molecule has 150 valence electrons. The summed E-state index contributed by atoms with van der Waals surface area (Å²) in [5.74, 6) is 2.90. The molecule has 3 fully saturated rings. The Kier molecular flexibility index (Phi) is 4.67. The molecule has 0 amide bonds. The van der Waals surface area contributed by atoms with Crippen molar-refractivity contribution in [2.75, 3.05) is 7.11 Å². The number of fused-ring (bicyclic) bond motifs is 5. The van der Waals surface area contributed by atoms with Gasteiger partial charge in [0.15, 0.2) is 5.78 Å². The average Bonchev–Trinajstić information content (AvgIpc) is 2.98. The first-order valence-electron chi connectivity index (χ1n) is 10.8. The molecule has 0 saturated heterocycles. The lowest BCUT2D eigenvalue weighted by Gasteiger charge is -2.60. The summed E-state index contributed by atoms with van der Waals surface area (Å²) in [6.07, 6.45) is 9.77. The SMILES string of the molecule is CC[C@@H]1CC2=CC(=O)CC[C@]2(C)C2CC[C@@]3(C)C(CC[C@@H]3OC(=O)OC)C21. The zero-order chi connectivity index (χ0) is 19.4. The molecule has 3 unspecified atom stereocenters. The number of ether oxygens (including phenoxy) is 2. The molecule has 4 nitrogen and oxygen atoms in total. The zero-order valence-corrected chi connectivity index (χ0v) is 17.3. The van der Waals surface area contributed by atoms with E-state index in [4.69, 9.17) is 9.47 Å². The smallest absolute Gasteiger partial charge is 0.438 e. The highest BCUT2D eigenvalue weighted by Gasteiger charge is 2.61. The van der Waals surface area contributed by atoms with Crippen LogP contribution in [0.2, 0.25) is 0 Å². The van der Waals surface area contributed by atoms with E-state index in [2.05, 4.69) is 20.8 Å². The standard InChI is InChI=1S/C23H34O4/c1-5-14-12-15-13-16(24)8-10-22(15,2)18-9-11-23(3)17(20(14)18)6-7-19(23)27-21(25)26-4/h13-14,17-20H,5-12H2,1-4H3/t14-,17?,18?,19+,20?,22+,23+/m1/s1. The van der Waals surface area contributed by atoms with Crippen molar-refractivity contribution in [2.45, 2.75) is 78.2 Å². The monoisotopic (exact) mass is 374 g/mol. The Labute approximate surface area is 163 Å². The lowest BCUT2D eigenvalue weighted by Crippen LogP contribution is -2.54. The highest BCUT2D eigenvalue weighted by molar-refractivity contribution is 5.91. The molecule has 4 aliphatic rings. The van der Waals surface area contributed by atoms with Crippen molar-refractivity contribution in [1.29, 1.82) is 0 Å². The molecule has 0 aromatic rings. The van der Waals surface area contributed by atoms with Crippen LogP contribution in [-0.4, -0.2) is 25.2 Å². The fourth-order valence-corrected chi connectivity index (χ4v) is 7.43. The molecule has 7 atom stereocenters. The minimum absolute atomic E-state index is 0.0221. The van der Waals surface area contributed by atoms with Gasteiger partial charge in [-0.3, -0.25) is 4.79 Å². The van der Waals surface area contributed by atoms with Gasteiger partial charge in [0, 0.05) is 11.8 Å². The minimum atomic E-state index is -0.539. The van der Waals surface area contributed by atoms with Crippen LogP contribution >= 0.6 is 0 Å². The normalized spacial score (nSPS) is 46.0. The second-order valence-corrected chi connectivity index (χ2v) is 9.90. The summed E-state index contributed by atoms with van der Waals surface area (Å²) in [6, 6.07) is 0. The average molecular weight is 375 g/mol. The predicted octanol–water partition coefficient (Wildman–Crippen LogP) is 5.31. The fraction of sp³-hybridized carbons (Fsp3) is 0.826. The Balaban J connectivity index is 1.66. The van der Waals surface area contributed by atoms with Crippen LogP contribution in [0, 0.1) is 34.5 Å². The minimum Gasteiger partial charge on any atom is -0.438 e. The molecule has 0 aromatic heterocycles. The van der Waals surface area contributed by atoms with Crippen molar-refractivity contribution in [3.05, 3.63) is 11.6 Å². The third-order valence-corrected chi connectivity index (χ3v) is 8.98. The van der Waals surface area contributed by atoms with Gasteiger partial charge in [-0.2, -0.15) is 0 Å². The van der Waals surface area contributed by atoms with Crippen molar-refractivity contribution < 1.29 is 19.1 Å². The maximum absolute atomic E-state index is 12.1. The summed E-state index contributed by atoms with van der Waals surface area (Å²) < 4.78 is 10.5. The van der Waals surface area contributed by atoms with Crippen LogP contribution < -0.4 is 0 Å². The van der Waals surface area contributed by atoms with E-state index in [0.29, 0.717) is 35.9 Å². The van der Waals surface area contributed by atoms with E-state index in [1.54, 1.807) is 0 Å². The summed E-state index contributed by atoms with van der Waals surface area (Å²) in [5.41, 5.74) is 1.67. The molecule has 0 aliphatic heterocycles. The Morgan fingerprint density at radius 2 is 1.96 bits per heavy atom. The van der Waals surface area contributed by atoms with Crippen molar-refractivity contribution in [1.82, 2.24) is 0 Å². The van der Waals surface area contributed by atoms with E-state index in [9.17, 15) is 9.59 Å². The molecular formula is C23H34O4. The number of rotatable bonds is 2. The number of carbonyl (C=O) groups is 2. The Morgan fingerprint density at radius 1 is 1.19 bits per heavy atom. The quantitative estimate of drug-likeness (QED) is 0.615. The second-order valence-electron chi connectivity index (χ2n) is 9.90. The van der Waals surface area contributed by atoms with Crippen molar-refractivity contribution in [2.24, 2.45) is 34.5 Å². The van der Waals surface area contributed by atoms with Crippen LogP contribution in [-0.2, 0) is 14.3 Å². The summed E-state index contributed by atoms with van der Waals surface area (Å²) in [7, 11) is 1.39. The summed E-state index contributed by atoms with van der Waals surface area (Å²) in [4.78, 5) is 23.9. The van der Waals surface area contributed by atoms with Crippen LogP contribution in [0.15, 0.2) is 11.6 Å². The third-order valence-electron chi connectivity index (χ3n) is 8.98. The maximum Gasteiger partial charge on any atom is 0.508 e. The van der Waals surface area contributed by atoms with Gasteiger partial charge in [-0.15, -0.1) is 0 Å². The van der Waals surface area contributed by atoms with E-state index >= 15 is 0 Å². The zero-order valence-electron chi connectivity index (χ0n) is 17.3. The number of methoxy groups -OCH3 is 1. The van der Waals surface area contributed by atoms with E-state index in [-0.39, 0.29) is 16.9 Å². The van der Waals surface area contributed by atoms with Gasteiger partial charge in [0.1, 0.15) is 6.10 Å². The molecule has 4 aliphatic carbocycles. The van der Waals surface area contributed by atoms with Crippen LogP contribution in [0.25, 0.3) is 0 Å². The molecule has 4 rings (SSSR count). The van der Waals surface area contributed by atoms with E-state index in [1.807, 2.05) is 6.08 Å². The second kappa shape index (κ2) is 6.63. The number of hydrogen-bond acceptors (Lipinski definition) is 4. The largest absolute Gasteiger partial charge is 0.508 e. The number of ketones is 1. The molecular weight excluding hydrogens is 340 g/mol. The van der Waals surface area contributed by atoms with Gasteiger partial charge in [0.05, 0.1) is 7.11 Å². The Bertz CT molecular complexity index is 667. The summed E-state index contributed by atoms with van der Waals surface area (Å²) >= 11 is 0. The highest BCUT2D eigenvalue weighted by atomic mass is 16.7. The molecule has 3 saturated carbocycles. The molecule has 0 bridgehead atoms. The number of carbonyl (C=O) groups excluding carboxylic acids is 2. The lowest BCUT2D eigenvalue weighted by molar-refractivity contribution is -0.120. The van der Waals surface area contributed by atoms with E-state index in [1.165, 1.54) is 19.1 Å². The first kappa shape index (κ1) is 19.0. The predicted molar refractivity (Wildman–Crippen MR) is 103 cm³/mol. The molecule has 0 heterocycles. The highest BCUT2D eigenvalue weighted by Crippen LogP contribution is 2.67. The molecule has 0 radical (unpaired) electrons. The Hall–Kier alpha value is -1.32. The van der Waals surface area contributed by atoms with Crippen molar-refractivity contribution in [3.63, 3.8) is 0 Å². The maximum atomic E-state index is 12.1. The molecule has 0 spiro atoms. The summed E-state index contributed by atoms with van der Waals surface area (Å²) in [6.45, 7) is 7.08. The summed E-state index contributed by atoms with van der Waals surface area (Å²) in [5, 5.41) is 0. The fourth-order valence-electron chi connectivity index (χ4n) is 7.43. The van der Waals surface area contributed by atoms with Gasteiger partial charge in [0.25, 0.3) is 0 Å². The third kappa shape index (κ3) is 2.77. The van der Waals surface area contributed by atoms with Gasteiger partial charge < -0.3 is 9.47 Å². The van der Waals surface area contributed by atoms with Gasteiger partial charge in [-0.25, -0.2) is 4.79 Å². The first-order valence-corrected chi connectivity index (χ1v) is 10.8. The lowest BCUT2D eigenvalue weighted by atomic mass is 9.44. The van der Waals surface area contributed by atoms with Crippen molar-refractivity contribution >= 4 is 11.9 Å². The molecule has 0 N–H and O–H groups in total. The molecule has 4 heteroatoms. The molecule has 27 heavy (non-hydrogen) atoms. The number of allylic oxidation sites excluding steroid dienone is 1. The van der Waals surface area contributed by atoms with Gasteiger partial charge in [-0.05, 0) is 73.7 Å². The van der Waals surface area contributed by atoms with Crippen LogP contribution in [0.5, 0.6) is 0 Å². The van der Waals surface area contributed by atoms with Crippen LogP contribution in [0.4, 0.5) is 4.79 Å². The molecule has 0 aromatic carbocycles. The first-order chi connectivity index (χ1) is 12.8. The van der Waals surface area contributed by atoms with Crippen LogP contribution in [0.3, 0.4) is 0 Å². The topological polar surface area (TPSA) is 52.6 Å². The van der Waals surface area contributed by atoms with Gasteiger partial charge in [-0.1, -0.05) is 32.8 Å². The Morgan fingerprint density at radius 3 is 2.67 bits per heavy atom. The van der Waals surface area contributed by atoms with Crippen molar-refractivity contribution in [3.8, 4) is 0 Å². The number of hydrogen-bond donors (Lipinski definition) is 0. The van der Waals surface area contributed by atoms with Crippen LogP contribution in [0.1, 0.15) is 72.1 Å². The van der Waals surface area contributed by atoms with E-state index < -0.39 is 6.16 Å². The van der Waals surface area contributed by atoms with E-state index in [0.717, 1.165) is 38.5 Å². The van der Waals surface area contributed by atoms with Gasteiger partial charge in [0.2, 0.25) is 0 Å².